The van der Waals surface area contributed by atoms with Crippen molar-refractivity contribution in [3.05, 3.63) is 65.9 Å². The fourth-order valence-corrected chi connectivity index (χ4v) is 3.86. The molecule has 1 aliphatic rings. The highest BCUT2D eigenvalue weighted by molar-refractivity contribution is 5.87. The van der Waals surface area contributed by atoms with Crippen LogP contribution in [0.25, 0.3) is 10.9 Å². The van der Waals surface area contributed by atoms with E-state index in [-0.39, 0.29) is 24.8 Å². The summed E-state index contributed by atoms with van der Waals surface area (Å²) in [6, 6.07) is 17.5. The molecule has 2 heterocycles. The van der Waals surface area contributed by atoms with Crippen LogP contribution in [-0.2, 0) is 16.0 Å². The van der Waals surface area contributed by atoms with Crippen LogP contribution in [-0.4, -0.2) is 45.2 Å². The molecular weight excluding hydrogens is 342 g/mol. The summed E-state index contributed by atoms with van der Waals surface area (Å²) in [4.78, 5) is 26.3. The first-order valence-electron chi connectivity index (χ1n) is 9.09. The molecule has 6 heteroatoms. The number of amides is 1. The van der Waals surface area contributed by atoms with Crippen molar-refractivity contribution >= 4 is 22.8 Å². The van der Waals surface area contributed by atoms with E-state index < -0.39 is 11.9 Å². The Morgan fingerprint density at radius 1 is 1.07 bits per heavy atom. The number of benzene rings is 2. The molecule has 3 aromatic rings. The number of para-hydroxylation sites is 1. The monoisotopic (exact) mass is 363 g/mol. The van der Waals surface area contributed by atoms with Gasteiger partial charge in [-0.25, -0.2) is 0 Å². The van der Waals surface area contributed by atoms with Crippen molar-refractivity contribution in [3.8, 4) is 0 Å². The number of likely N-dealkylation sites (tertiary alicyclic amines) is 1. The van der Waals surface area contributed by atoms with Gasteiger partial charge in [0.2, 0.25) is 5.91 Å². The number of piperidine rings is 1. The van der Waals surface area contributed by atoms with Crippen molar-refractivity contribution in [2.24, 2.45) is 5.92 Å². The fraction of sp³-hybridized carbons (Fsp3) is 0.286. The van der Waals surface area contributed by atoms with E-state index in [0.29, 0.717) is 13.0 Å². The lowest BCUT2D eigenvalue weighted by atomic mass is 9.84. The Labute approximate surface area is 156 Å². The van der Waals surface area contributed by atoms with Crippen molar-refractivity contribution < 1.29 is 14.7 Å². The number of hydrogen-bond acceptors (Lipinski definition) is 3. The lowest BCUT2D eigenvalue weighted by Crippen LogP contribution is -2.46. The first-order valence-corrected chi connectivity index (χ1v) is 9.09. The highest BCUT2D eigenvalue weighted by Crippen LogP contribution is 2.31. The van der Waals surface area contributed by atoms with Gasteiger partial charge in [-0.3, -0.25) is 14.7 Å². The minimum Gasteiger partial charge on any atom is -0.481 e. The molecule has 2 N–H and O–H groups in total. The standard InChI is InChI=1S/C21H21N3O3/c25-20(11-19-17-8-4-5-9-18(17)22-23-19)24-12-15(10-16(13-24)21(26)27)14-6-2-1-3-7-14/h1-9,15-16H,10-13H2,(H,22,23)(H,26,27). The smallest absolute Gasteiger partial charge is 0.308 e. The maximum atomic E-state index is 12.9. The quantitative estimate of drug-likeness (QED) is 0.746. The molecule has 27 heavy (non-hydrogen) atoms. The number of carbonyl (C=O) groups is 2. The predicted octanol–water partition coefficient (Wildman–Crippen LogP) is 2.82. The molecule has 2 atom stereocenters. The molecular formula is C21H21N3O3. The zero-order valence-corrected chi connectivity index (χ0v) is 14.8. The van der Waals surface area contributed by atoms with Crippen LogP contribution in [0.3, 0.4) is 0 Å². The van der Waals surface area contributed by atoms with Crippen LogP contribution in [0, 0.1) is 5.92 Å². The van der Waals surface area contributed by atoms with Crippen molar-refractivity contribution in [2.75, 3.05) is 13.1 Å². The molecule has 0 bridgehead atoms. The van der Waals surface area contributed by atoms with Crippen molar-refractivity contribution in [2.45, 2.75) is 18.8 Å². The van der Waals surface area contributed by atoms with E-state index >= 15 is 0 Å². The van der Waals surface area contributed by atoms with Gasteiger partial charge in [-0.2, -0.15) is 5.10 Å². The zero-order chi connectivity index (χ0) is 18.8. The number of carboxylic acids is 1. The lowest BCUT2D eigenvalue weighted by molar-refractivity contribution is -0.146. The SMILES string of the molecule is O=C(O)C1CC(c2ccccc2)CN(C(=O)Cc2[nH]nc3ccccc23)C1. The summed E-state index contributed by atoms with van der Waals surface area (Å²) in [7, 11) is 0. The summed E-state index contributed by atoms with van der Waals surface area (Å²) in [5, 5.41) is 17.7. The maximum absolute atomic E-state index is 12.9. The number of aromatic amines is 1. The summed E-state index contributed by atoms with van der Waals surface area (Å²) in [5.74, 6) is -1.44. The summed E-state index contributed by atoms with van der Waals surface area (Å²) < 4.78 is 0. The van der Waals surface area contributed by atoms with Crippen LogP contribution >= 0.6 is 0 Å². The Morgan fingerprint density at radius 3 is 2.59 bits per heavy atom. The van der Waals surface area contributed by atoms with Crippen LogP contribution in [0.4, 0.5) is 0 Å². The van der Waals surface area contributed by atoms with E-state index in [1.165, 1.54) is 0 Å². The van der Waals surface area contributed by atoms with Gasteiger partial charge in [-0.1, -0.05) is 48.5 Å². The van der Waals surface area contributed by atoms with Crippen molar-refractivity contribution in [3.63, 3.8) is 0 Å². The Hall–Kier alpha value is -3.15. The van der Waals surface area contributed by atoms with E-state index in [2.05, 4.69) is 10.2 Å². The molecule has 0 saturated carbocycles. The number of nitrogens with one attached hydrogen (secondary N) is 1. The molecule has 1 amide bonds. The Bertz CT molecular complexity index is 967. The number of H-pyrrole nitrogens is 1. The first-order chi connectivity index (χ1) is 13.1. The zero-order valence-electron chi connectivity index (χ0n) is 14.8. The number of aliphatic carboxylic acids is 1. The highest BCUT2D eigenvalue weighted by atomic mass is 16.4. The normalized spacial score (nSPS) is 19.9. The predicted molar refractivity (Wildman–Crippen MR) is 101 cm³/mol. The van der Waals surface area contributed by atoms with E-state index in [1.54, 1.807) is 4.90 Å². The van der Waals surface area contributed by atoms with Gasteiger partial charge in [0.25, 0.3) is 0 Å². The van der Waals surface area contributed by atoms with Crippen LogP contribution < -0.4 is 0 Å². The second-order valence-corrected chi connectivity index (χ2v) is 7.07. The molecule has 0 aliphatic carbocycles. The van der Waals surface area contributed by atoms with Gasteiger partial charge >= 0.3 is 5.97 Å². The number of rotatable bonds is 4. The molecule has 0 spiro atoms. The van der Waals surface area contributed by atoms with Crippen molar-refractivity contribution in [1.29, 1.82) is 0 Å². The second kappa shape index (κ2) is 7.23. The van der Waals surface area contributed by atoms with Gasteiger partial charge in [0.15, 0.2) is 0 Å². The second-order valence-electron chi connectivity index (χ2n) is 7.07. The molecule has 1 fully saturated rings. The molecule has 138 valence electrons. The van der Waals surface area contributed by atoms with Gasteiger partial charge in [-0.05, 0) is 18.1 Å². The Balaban J connectivity index is 1.55. The summed E-state index contributed by atoms with van der Waals surface area (Å²) in [6.07, 6.45) is 0.741. The van der Waals surface area contributed by atoms with Crippen LogP contribution in [0.2, 0.25) is 0 Å². The molecule has 1 saturated heterocycles. The number of hydrogen-bond donors (Lipinski definition) is 2. The van der Waals surface area contributed by atoms with E-state index in [4.69, 9.17) is 0 Å². The minimum absolute atomic E-state index is 0.0310. The number of carboxylic acid groups (broad SMARTS) is 1. The van der Waals surface area contributed by atoms with Crippen molar-refractivity contribution in [1.82, 2.24) is 15.1 Å². The largest absolute Gasteiger partial charge is 0.481 e. The van der Waals surface area contributed by atoms with Gasteiger partial charge in [0.1, 0.15) is 0 Å². The maximum Gasteiger partial charge on any atom is 0.308 e. The molecule has 1 aromatic heterocycles. The average molecular weight is 363 g/mol. The molecule has 0 radical (unpaired) electrons. The third kappa shape index (κ3) is 3.56. The van der Waals surface area contributed by atoms with Gasteiger partial charge in [0.05, 0.1) is 23.5 Å². The molecule has 2 unspecified atom stereocenters. The number of fused-ring (bicyclic) bond motifs is 1. The third-order valence-corrected chi connectivity index (χ3v) is 5.29. The fourth-order valence-electron chi connectivity index (χ4n) is 3.86. The van der Waals surface area contributed by atoms with Crippen LogP contribution in [0.15, 0.2) is 54.6 Å². The first kappa shape index (κ1) is 17.3. The van der Waals surface area contributed by atoms with E-state index in [1.807, 2.05) is 54.6 Å². The van der Waals surface area contributed by atoms with Gasteiger partial charge < -0.3 is 10.0 Å². The lowest BCUT2D eigenvalue weighted by Gasteiger charge is -2.36. The number of nitrogens with zero attached hydrogens (tertiary/aromatic N) is 2. The van der Waals surface area contributed by atoms with Gasteiger partial charge in [0, 0.05) is 24.4 Å². The summed E-state index contributed by atoms with van der Waals surface area (Å²) in [5.41, 5.74) is 2.67. The number of aromatic nitrogens is 2. The topological polar surface area (TPSA) is 86.3 Å². The highest BCUT2D eigenvalue weighted by Gasteiger charge is 2.34. The Morgan fingerprint density at radius 2 is 1.81 bits per heavy atom. The average Bonchev–Trinajstić information content (AvgIpc) is 3.11. The Kier molecular flexibility index (Phi) is 4.62. The van der Waals surface area contributed by atoms with Crippen LogP contribution in [0.5, 0.6) is 0 Å². The summed E-state index contributed by atoms with van der Waals surface area (Å²) >= 11 is 0. The minimum atomic E-state index is -0.847. The van der Waals surface area contributed by atoms with Crippen LogP contribution in [0.1, 0.15) is 23.6 Å². The third-order valence-electron chi connectivity index (χ3n) is 5.29. The molecule has 2 aromatic carbocycles. The molecule has 6 nitrogen and oxygen atoms in total. The number of carbonyl (C=O) groups excluding carboxylic acids is 1. The van der Waals surface area contributed by atoms with Gasteiger partial charge in [-0.15, -0.1) is 0 Å². The summed E-state index contributed by atoms with van der Waals surface area (Å²) in [6.45, 7) is 0.794. The molecule has 4 rings (SSSR count). The van der Waals surface area contributed by atoms with E-state index in [9.17, 15) is 14.7 Å². The van der Waals surface area contributed by atoms with E-state index in [0.717, 1.165) is 22.2 Å². The molecule has 1 aliphatic heterocycles.